The largest absolute Gasteiger partial charge is 0.496 e. The molecule has 1 aliphatic rings. The highest BCUT2D eigenvalue weighted by Gasteiger charge is 2.27. The van der Waals surface area contributed by atoms with Gasteiger partial charge in [0.1, 0.15) is 11.9 Å². The Morgan fingerprint density at radius 2 is 2.00 bits per heavy atom. The van der Waals surface area contributed by atoms with E-state index in [1.165, 1.54) is 7.11 Å². The highest BCUT2D eigenvalue weighted by Crippen LogP contribution is 2.28. The number of carbonyl (C=O) groups is 1. The molecule has 0 aromatic heterocycles. The Balaban J connectivity index is 2.59. The lowest BCUT2D eigenvalue weighted by molar-refractivity contribution is 0.0977. The molecule has 0 spiro atoms. The van der Waals surface area contributed by atoms with Crippen molar-refractivity contribution in [3.63, 3.8) is 0 Å². The summed E-state index contributed by atoms with van der Waals surface area (Å²) in [5.41, 5.74) is 1.93. The van der Waals surface area contributed by atoms with Crippen LogP contribution in [-0.2, 0) is 4.74 Å². The Labute approximate surface area is 93.5 Å². The number of carbonyl (C=O) groups excluding carboxylic acids is 1. The van der Waals surface area contributed by atoms with E-state index in [0.717, 1.165) is 5.56 Å². The van der Waals surface area contributed by atoms with E-state index in [1.54, 1.807) is 19.1 Å². The Hall–Kier alpha value is -1.81. The van der Waals surface area contributed by atoms with Crippen LogP contribution in [0.2, 0.25) is 0 Å². The number of rotatable bonds is 2. The lowest BCUT2D eigenvalue weighted by atomic mass is 10.1. The highest BCUT2D eigenvalue weighted by molar-refractivity contribution is 6.09. The zero-order valence-corrected chi connectivity index (χ0v) is 9.15. The van der Waals surface area contributed by atoms with Crippen LogP contribution in [0.5, 0.6) is 0 Å². The van der Waals surface area contributed by atoms with Crippen molar-refractivity contribution in [1.82, 2.24) is 5.32 Å². The van der Waals surface area contributed by atoms with Crippen LogP contribution in [0.1, 0.15) is 22.8 Å². The summed E-state index contributed by atoms with van der Waals surface area (Å²) in [5.74, 6) is 0.208. The molecule has 0 bridgehead atoms. The molecule has 1 aliphatic heterocycles. The zero-order chi connectivity index (χ0) is 11.7. The molecule has 16 heavy (non-hydrogen) atoms. The molecule has 1 aromatic carbocycles. The first kappa shape index (κ1) is 10.7. The summed E-state index contributed by atoms with van der Waals surface area (Å²) < 4.78 is 5.12. The van der Waals surface area contributed by atoms with Crippen LogP contribution in [0, 0.1) is 0 Å². The number of hydrogen-bond donors (Lipinski definition) is 2. The fraction of sp³-hybridized carbons (Fsp3) is 0.250. The summed E-state index contributed by atoms with van der Waals surface area (Å²) in [5, 5.41) is 12.3. The molecule has 0 saturated heterocycles. The zero-order valence-electron chi connectivity index (χ0n) is 9.15. The Bertz CT molecular complexity index is 463. The summed E-state index contributed by atoms with van der Waals surface area (Å²) >= 11 is 0. The van der Waals surface area contributed by atoms with E-state index in [4.69, 9.17) is 4.74 Å². The molecule has 0 aliphatic carbocycles. The smallest absolute Gasteiger partial charge is 0.256 e. The van der Waals surface area contributed by atoms with E-state index in [9.17, 15) is 9.90 Å². The molecule has 0 radical (unpaired) electrons. The molecule has 2 rings (SSSR count). The first-order chi connectivity index (χ1) is 7.65. The number of amides is 1. The lowest BCUT2D eigenvalue weighted by Crippen LogP contribution is -2.18. The van der Waals surface area contributed by atoms with Gasteiger partial charge in [0.25, 0.3) is 5.91 Å². The molecule has 0 fully saturated rings. The van der Waals surface area contributed by atoms with Gasteiger partial charge in [-0.2, -0.15) is 0 Å². The van der Waals surface area contributed by atoms with E-state index in [1.807, 2.05) is 12.1 Å². The molecule has 84 valence electrons. The summed E-state index contributed by atoms with van der Waals surface area (Å²) in [6, 6.07) is 7.21. The maximum atomic E-state index is 11.6. The van der Waals surface area contributed by atoms with Crippen LogP contribution in [0.25, 0.3) is 5.70 Å². The average Bonchev–Trinajstić information content (AvgIpc) is 2.58. The molecule has 0 saturated carbocycles. The number of hydrogen-bond acceptors (Lipinski definition) is 3. The summed E-state index contributed by atoms with van der Waals surface area (Å²) in [4.78, 5) is 11.6. The number of aliphatic hydroxyl groups excluding tert-OH is 1. The Morgan fingerprint density at radius 3 is 2.56 bits per heavy atom. The van der Waals surface area contributed by atoms with Gasteiger partial charge in [-0.05, 0) is 13.0 Å². The first-order valence-corrected chi connectivity index (χ1v) is 5.02. The summed E-state index contributed by atoms with van der Waals surface area (Å²) in [7, 11) is 1.47. The molecular weight excluding hydrogens is 206 g/mol. The van der Waals surface area contributed by atoms with Gasteiger partial charge in [0.05, 0.1) is 12.8 Å². The normalized spacial score (nSPS) is 18.8. The second-order valence-corrected chi connectivity index (χ2v) is 3.62. The van der Waals surface area contributed by atoms with Crippen LogP contribution in [0.3, 0.4) is 0 Å². The van der Waals surface area contributed by atoms with Gasteiger partial charge in [0.2, 0.25) is 0 Å². The quantitative estimate of drug-likeness (QED) is 0.733. The van der Waals surface area contributed by atoms with E-state index in [0.29, 0.717) is 17.0 Å². The SMILES string of the molecule is CO/C(=C1\NC(=O)c2ccccc21)C(C)O. The van der Waals surface area contributed by atoms with Crippen LogP contribution < -0.4 is 5.32 Å². The van der Waals surface area contributed by atoms with Crippen LogP contribution in [0.4, 0.5) is 0 Å². The first-order valence-electron chi connectivity index (χ1n) is 5.02. The molecule has 1 unspecified atom stereocenters. The number of methoxy groups -OCH3 is 1. The molecule has 4 heteroatoms. The highest BCUT2D eigenvalue weighted by atomic mass is 16.5. The van der Waals surface area contributed by atoms with Gasteiger partial charge < -0.3 is 15.2 Å². The van der Waals surface area contributed by atoms with Crippen molar-refractivity contribution in [2.24, 2.45) is 0 Å². The fourth-order valence-corrected chi connectivity index (χ4v) is 1.82. The van der Waals surface area contributed by atoms with E-state index in [2.05, 4.69) is 5.32 Å². The minimum Gasteiger partial charge on any atom is -0.496 e. The number of ether oxygens (including phenoxy) is 1. The van der Waals surface area contributed by atoms with Gasteiger partial charge in [-0.25, -0.2) is 0 Å². The van der Waals surface area contributed by atoms with Gasteiger partial charge in [-0.1, -0.05) is 18.2 Å². The van der Waals surface area contributed by atoms with Gasteiger partial charge in [0.15, 0.2) is 0 Å². The van der Waals surface area contributed by atoms with E-state index < -0.39 is 6.10 Å². The third-order valence-corrected chi connectivity index (χ3v) is 2.53. The third-order valence-electron chi connectivity index (χ3n) is 2.53. The van der Waals surface area contributed by atoms with E-state index >= 15 is 0 Å². The van der Waals surface area contributed by atoms with E-state index in [-0.39, 0.29) is 5.91 Å². The average molecular weight is 219 g/mol. The van der Waals surface area contributed by atoms with Crippen LogP contribution in [0.15, 0.2) is 30.0 Å². The fourth-order valence-electron chi connectivity index (χ4n) is 1.82. The molecular formula is C12H13NO3. The standard InChI is InChI=1S/C12H13NO3/c1-7(14)11(16-2)10-8-5-3-4-6-9(8)12(15)13-10/h3-7,14H,1-2H3,(H,13,15)/b11-10-. The van der Waals surface area contributed by atoms with Crippen molar-refractivity contribution in [2.75, 3.05) is 7.11 Å². The van der Waals surface area contributed by atoms with Crippen molar-refractivity contribution in [3.8, 4) is 0 Å². The Morgan fingerprint density at radius 1 is 1.38 bits per heavy atom. The number of aliphatic hydroxyl groups is 1. The number of fused-ring (bicyclic) bond motifs is 1. The molecule has 1 aromatic rings. The molecule has 1 atom stereocenters. The maximum Gasteiger partial charge on any atom is 0.256 e. The van der Waals surface area contributed by atoms with Gasteiger partial charge in [-0.3, -0.25) is 4.79 Å². The van der Waals surface area contributed by atoms with Crippen molar-refractivity contribution in [3.05, 3.63) is 41.2 Å². The molecule has 1 heterocycles. The minimum atomic E-state index is -0.758. The number of benzene rings is 1. The topological polar surface area (TPSA) is 58.6 Å². The van der Waals surface area contributed by atoms with Gasteiger partial charge in [0, 0.05) is 11.1 Å². The van der Waals surface area contributed by atoms with Crippen molar-refractivity contribution >= 4 is 11.6 Å². The summed E-state index contributed by atoms with van der Waals surface area (Å²) in [6.45, 7) is 1.60. The monoisotopic (exact) mass is 219 g/mol. The molecule has 1 amide bonds. The predicted octanol–water partition coefficient (Wildman–Crippen LogP) is 1.13. The van der Waals surface area contributed by atoms with Crippen molar-refractivity contribution in [2.45, 2.75) is 13.0 Å². The van der Waals surface area contributed by atoms with Crippen LogP contribution in [-0.4, -0.2) is 24.2 Å². The van der Waals surface area contributed by atoms with Crippen molar-refractivity contribution < 1.29 is 14.6 Å². The Kier molecular flexibility index (Phi) is 2.66. The predicted molar refractivity (Wildman–Crippen MR) is 59.5 cm³/mol. The molecule has 4 nitrogen and oxygen atoms in total. The van der Waals surface area contributed by atoms with Crippen LogP contribution >= 0.6 is 0 Å². The minimum absolute atomic E-state index is 0.166. The second-order valence-electron chi connectivity index (χ2n) is 3.62. The third kappa shape index (κ3) is 1.57. The van der Waals surface area contributed by atoms with Gasteiger partial charge in [-0.15, -0.1) is 0 Å². The lowest BCUT2D eigenvalue weighted by Gasteiger charge is -2.12. The maximum absolute atomic E-state index is 11.6. The van der Waals surface area contributed by atoms with Gasteiger partial charge >= 0.3 is 0 Å². The summed E-state index contributed by atoms with van der Waals surface area (Å²) in [6.07, 6.45) is -0.758. The second kappa shape index (κ2) is 3.98. The van der Waals surface area contributed by atoms with Crippen molar-refractivity contribution in [1.29, 1.82) is 0 Å². The molecule has 2 N–H and O–H groups in total. The number of nitrogens with one attached hydrogen (secondary N) is 1.